The molecule has 0 saturated carbocycles. The molecule has 1 aliphatic rings. The van der Waals surface area contributed by atoms with Crippen LogP contribution in [0.15, 0.2) is 18.3 Å². The van der Waals surface area contributed by atoms with Gasteiger partial charge in [-0.05, 0) is 37.4 Å². The summed E-state index contributed by atoms with van der Waals surface area (Å²) in [7, 11) is 0. The second-order valence-corrected chi connectivity index (χ2v) is 6.32. The van der Waals surface area contributed by atoms with E-state index in [4.69, 9.17) is 10.5 Å². The zero-order chi connectivity index (χ0) is 17.1. The number of pyridine rings is 1. The molecule has 3 heterocycles. The molecule has 1 fully saturated rings. The Bertz CT molecular complexity index is 763. The Labute approximate surface area is 142 Å². The smallest absolute Gasteiger partial charge is 0.267 e. The van der Waals surface area contributed by atoms with Crippen LogP contribution in [0.1, 0.15) is 38.7 Å². The molecular weight excluding hydrogens is 330 g/mol. The first kappa shape index (κ1) is 16.3. The maximum atomic E-state index is 12.6. The number of ether oxygens (including phenoxy) is 1. The number of nitrogens with two attached hydrogens (primary N) is 1. The van der Waals surface area contributed by atoms with Crippen molar-refractivity contribution < 1.29 is 14.3 Å². The van der Waals surface area contributed by atoms with Crippen LogP contribution < -0.4 is 10.5 Å². The standard InChI is InChI=1S/C15H17N5O3S/c1-9-13(24-19-18-9)15(22)20-6-2-3-11(8-20)23-10-4-5-17-12(7-10)14(16)21/h4-5,7,11H,2-3,6,8H2,1H3,(H2,16,21). The Hall–Kier alpha value is -2.55. The van der Waals surface area contributed by atoms with Crippen molar-refractivity contribution in [1.29, 1.82) is 0 Å². The van der Waals surface area contributed by atoms with Crippen LogP contribution in [0.3, 0.4) is 0 Å². The van der Waals surface area contributed by atoms with Gasteiger partial charge in [-0.3, -0.25) is 14.6 Å². The number of carbonyl (C=O) groups excluding carboxylic acids is 2. The van der Waals surface area contributed by atoms with E-state index < -0.39 is 5.91 Å². The Morgan fingerprint density at radius 1 is 1.46 bits per heavy atom. The summed E-state index contributed by atoms with van der Waals surface area (Å²) in [5.41, 5.74) is 6.03. The second kappa shape index (κ2) is 6.91. The van der Waals surface area contributed by atoms with E-state index in [1.54, 1.807) is 17.9 Å². The van der Waals surface area contributed by atoms with Crippen molar-refractivity contribution in [2.75, 3.05) is 13.1 Å². The van der Waals surface area contributed by atoms with Crippen molar-refractivity contribution in [1.82, 2.24) is 19.5 Å². The van der Waals surface area contributed by atoms with Crippen LogP contribution in [0.4, 0.5) is 0 Å². The molecule has 2 aromatic heterocycles. The van der Waals surface area contributed by atoms with Gasteiger partial charge in [-0.15, -0.1) is 5.10 Å². The third-order valence-electron chi connectivity index (χ3n) is 3.80. The second-order valence-electron chi connectivity index (χ2n) is 5.56. The highest BCUT2D eigenvalue weighted by Crippen LogP contribution is 2.21. The van der Waals surface area contributed by atoms with Crippen molar-refractivity contribution >= 4 is 23.3 Å². The normalized spacial score (nSPS) is 17.5. The molecule has 0 aliphatic carbocycles. The highest BCUT2D eigenvalue weighted by atomic mass is 32.1. The maximum Gasteiger partial charge on any atom is 0.267 e. The molecule has 1 atom stereocenters. The van der Waals surface area contributed by atoms with E-state index in [1.165, 1.54) is 12.3 Å². The quantitative estimate of drug-likeness (QED) is 0.884. The van der Waals surface area contributed by atoms with Crippen LogP contribution >= 0.6 is 11.5 Å². The molecule has 0 aromatic carbocycles. The lowest BCUT2D eigenvalue weighted by Gasteiger charge is -2.32. The van der Waals surface area contributed by atoms with Gasteiger partial charge in [0.2, 0.25) is 0 Å². The first-order chi connectivity index (χ1) is 11.5. The highest BCUT2D eigenvalue weighted by molar-refractivity contribution is 7.07. The minimum absolute atomic E-state index is 0.0663. The molecule has 24 heavy (non-hydrogen) atoms. The van der Waals surface area contributed by atoms with E-state index in [9.17, 15) is 9.59 Å². The molecule has 2 aromatic rings. The molecule has 0 radical (unpaired) electrons. The fourth-order valence-corrected chi connectivity index (χ4v) is 3.23. The number of aromatic nitrogens is 3. The summed E-state index contributed by atoms with van der Waals surface area (Å²) in [6.07, 6.45) is 3.01. The third-order valence-corrected chi connectivity index (χ3v) is 4.61. The van der Waals surface area contributed by atoms with Crippen molar-refractivity contribution in [3.8, 4) is 5.75 Å². The van der Waals surface area contributed by atoms with Crippen LogP contribution in [-0.4, -0.2) is 50.5 Å². The van der Waals surface area contributed by atoms with Gasteiger partial charge in [0.1, 0.15) is 22.4 Å². The number of carbonyl (C=O) groups is 2. The molecule has 2 N–H and O–H groups in total. The number of nitrogens with zero attached hydrogens (tertiary/aromatic N) is 4. The Balaban J connectivity index is 1.68. The van der Waals surface area contributed by atoms with Crippen molar-refractivity contribution in [3.05, 3.63) is 34.6 Å². The third kappa shape index (κ3) is 3.51. The van der Waals surface area contributed by atoms with Crippen LogP contribution in [0.25, 0.3) is 0 Å². The van der Waals surface area contributed by atoms with E-state index >= 15 is 0 Å². The summed E-state index contributed by atoms with van der Waals surface area (Å²) in [4.78, 5) is 30.0. The average Bonchev–Trinajstić information content (AvgIpc) is 3.00. The van der Waals surface area contributed by atoms with E-state index in [-0.39, 0.29) is 17.7 Å². The fraction of sp³-hybridized carbons (Fsp3) is 0.400. The fourth-order valence-electron chi connectivity index (χ4n) is 2.60. The van der Waals surface area contributed by atoms with Gasteiger partial charge in [-0.25, -0.2) is 0 Å². The first-order valence-corrected chi connectivity index (χ1v) is 8.32. The lowest BCUT2D eigenvalue weighted by Crippen LogP contribution is -2.44. The van der Waals surface area contributed by atoms with Crippen LogP contribution in [0, 0.1) is 6.92 Å². The SMILES string of the molecule is Cc1nnsc1C(=O)N1CCCC(Oc2ccnc(C(N)=O)c2)C1. The van der Waals surface area contributed by atoms with Crippen LogP contribution in [0.5, 0.6) is 5.75 Å². The molecule has 3 rings (SSSR count). The summed E-state index contributed by atoms with van der Waals surface area (Å²) < 4.78 is 9.72. The molecule has 0 bridgehead atoms. The minimum Gasteiger partial charge on any atom is -0.488 e. The van der Waals surface area contributed by atoms with E-state index in [2.05, 4.69) is 14.6 Å². The van der Waals surface area contributed by atoms with Gasteiger partial charge in [0, 0.05) is 18.8 Å². The Morgan fingerprint density at radius 3 is 3.00 bits per heavy atom. The van der Waals surface area contributed by atoms with Gasteiger partial charge >= 0.3 is 0 Å². The topological polar surface area (TPSA) is 111 Å². The van der Waals surface area contributed by atoms with Crippen molar-refractivity contribution in [2.24, 2.45) is 5.73 Å². The number of piperidine rings is 1. The number of rotatable bonds is 4. The largest absolute Gasteiger partial charge is 0.488 e. The first-order valence-electron chi connectivity index (χ1n) is 7.55. The zero-order valence-electron chi connectivity index (χ0n) is 13.1. The Morgan fingerprint density at radius 2 is 2.29 bits per heavy atom. The van der Waals surface area contributed by atoms with Crippen LogP contribution in [-0.2, 0) is 0 Å². The van der Waals surface area contributed by atoms with E-state index in [0.717, 1.165) is 24.4 Å². The van der Waals surface area contributed by atoms with Gasteiger partial charge in [0.15, 0.2) is 0 Å². The lowest BCUT2D eigenvalue weighted by molar-refractivity contribution is 0.0541. The van der Waals surface area contributed by atoms with E-state index in [1.807, 2.05) is 0 Å². The minimum atomic E-state index is -0.603. The number of primary amides is 1. The monoisotopic (exact) mass is 347 g/mol. The predicted octanol–water partition coefficient (Wildman–Crippen LogP) is 1.02. The van der Waals surface area contributed by atoms with Gasteiger partial charge in [0.05, 0.1) is 12.2 Å². The molecular formula is C15H17N5O3S. The molecule has 1 unspecified atom stereocenters. The number of likely N-dealkylation sites (tertiary alicyclic amines) is 1. The maximum absolute atomic E-state index is 12.6. The van der Waals surface area contributed by atoms with Gasteiger partial charge in [-0.1, -0.05) is 4.49 Å². The summed E-state index contributed by atoms with van der Waals surface area (Å²) in [5, 5.41) is 3.88. The van der Waals surface area contributed by atoms with Crippen molar-refractivity contribution in [2.45, 2.75) is 25.9 Å². The van der Waals surface area contributed by atoms with Crippen molar-refractivity contribution in [3.63, 3.8) is 0 Å². The van der Waals surface area contributed by atoms with E-state index in [0.29, 0.717) is 29.4 Å². The lowest BCUT2D eigenvalue weighted by atomic mass is 10.1. The zero-order valence-corrected chi connectivity index (χ0v) is 14.0. The summed E-state index contributed by atoms with van der Waals surface area (Å²) >= 11 is 1.11. The molecule has 8 nitrogen and oxygen atoms in total. The summed E-state index contributed by atoms with van der Waals surface area (Å²) in [6.45, 7) is 2.93. The number of amides is 2. The Kier molecular flexibility index (Phi) is 4.70. The van der Waals surface area contributed by atoms with Gasteiger partial charge in [0.25, 0.3) is 11.8 Å². The number of aryl methyl sites for hydroxylation is 1. The molecule has 1 saturated heterocycles. The van der Waals surface area contributed by atoms with Gasteiger partial charge < -0.3 is 15.4 Å². The highest BCUT2D eigenvalue weighted by Gasteiger charge is 2.28. The molecule has 2 amide bonds. The summed E-state index contributed by atoms with van der Waals surface area (Å²) in [5.74, 6) is -0.147. The molecule has 0 spiro atoms. The number of hydrogen-bond acceptors (Lipinski definition) is 7. The molecule has 1 aliphatic heterocycles. The van der Waals surface area contributed by atoms with Gasteiger partial charge in [-0.2, -0.15) is 0 Å². The van der Waals surface area contributed by atoms with Crippen LogP contribution in [0.2, 0.25) is 0 Å². The molecule has 126 valence electrons. The molecule has 9 heteroatoms. The average molecular weight is 347 g/mol. The number of hydrogen-bond donors (Lipinski definition) is 1. The summed E-state index contributed by atoms with van der Waals surface area (Å²) in [6, 6.07) is 3.19. The predicted molar refractivity (Wildman–Crippen MR) is 87.0 cm³/mol.